The highest BCUT2D eigenvalue weighted by molar-refractivity contribution is 7.13. The molecule has 3 rings (SSSR count). The second-order valence-corrected chi connectivity index (χ2v) is 7.11. The van der Waals surface area contributed by atoms with Crippen molar-refractivity contribution in [3.63, 3.8) is 0 Å². The van der Waals surface area contributed by atoms with Crippen LogP contribution >= 0.6 is 11.3 Å². The number of aromatic nitrogens is 1. The average Bonchev–Trinajstić information content (AvgIpc) is 3.12. The van der Waals surface area contributed by atoms with Crippen molar-refractivity contribution in [3.05, 3.63) is 11.1 Å². The van der Waals surface area contributed by atoms with E-state index in [1.54, 1.807) is 0 Å². The number of hydrogen-bond acceptors (Lipinski definition) is 5. The van der Waals surface area contributed by atoms with Gasteiger partial charge in [0.1, 0.15) is 0 Å². The maximum atomic E-state index is 12.3. The van der Waals surface area contributed by atoms with E-state index in [1.165, 1.54) is 24.2 Å². The number of nitrogens with two attached hydrogens (primary N) is 1. The Kier molecular flexibility index (Phi) is 4.75. The Morgan fingerprint density at radius 3 is 2.67 bits per heavy atom. The van der Waals surface area contributed by atoms with Crippen LogP contribution in [0.4, 0.5) is 5.13 Å². The summed E-state index contributed by atoms with van der Waals surface area (Å²) in [7, 11) is 0. The first kappa shape index (κ1) is 14.8. The first-order valence-electron chi connectivity index (χ1n) is 7.93. The van der Waals surface area contributed by atoms with Crippen LogP contribution < -0.4 is 11.1 Å². The standard InChI is InChI=1S/C15H24N4OS/c16-15-18-13(10-21-15)9-19-7-5-11(6-8-19)14(20)17-12-3-1-2-4-12/h10-12H,1-9H2,(H2,16,18)(H,17,20). The molecule has 1 aliphatic carbocycles. The zero-order valence-electron chi connectivity index (χ0n) is 12.4. The second kappa shape index (κ2) is 6.75. The Morgan fingerprint density at radius 2 is 2.05 bits per heavy atom. The molecule has 0 spiro atoms. The van der Waals surface area contributed by atoms with Gasteiger partial charge in [-0.25, -0.2) is 4.98 Å². The Balaban J connectivity index is 1.42. The van der Waals surface area contributed by atoms with Crippen LogP contribution in [0, 0.1) is 5.92 Å². The molecule has 0 atom stereocenters. The minimum Gasteiger partial charge on any atom is -0.375 e. The van der Waals surface area contributed by atoms with Crippen LogP contribution in [0.5, 0.6) is 0 Å². The fourth-order valence-electron chi connectivity index (χ4n) is 3.37. The van der Waals surface area contributed by atoms with E-state index >= 15 is 0 Å². The van der Waals surface area contributed by atoms with Crippen LogP contribution in [0.3, 0.4) is 0 Å². The number of carbonyl (C=O) groups excluding carboxylic acids is 1. The van der Waals surface area contributed by atoms with Gasteiger partial charge >= 0.3 is 0 Å². The zero-order valence-corrected chi connectivity index (χ0v) is 13.2. The number of nitrogens with zero attached hydrogens (tertiary/aromatic N) is 2. The number of anilines is 1. The lowest BCUT2D eigenvalue weighted by molar-refractivity contribution is -0.127. The molecule has 1 aliphatic heterocycles. The quantitative estimate of drug-likeness (QED) is 0.892. The number of amides is 1. The van der Waals surface area contributed by atoms with Crippen LogP contribution in [0.25, 0.3) is 0 Å². The number of hydrogen-bond donors (Lipinski definition) is 2. The van der Waals surface area contributed by atoms with E-state index in [9.17, 15) is 4.79 Å². The van der Waals surface area contributed by atoms with Gasteiger partial charge in [0.2, 0.25) is 5.91 Å². The van der Waals surface area contributed by atoms with Crippen molar-refractivity contribution < 1.29 is 4.79 Å². The third-order valence-electron chi connectivity index (χ3n) is 4.62. The number of nitrogens with one attached hydrogen (secondary N) is 1. The van der Waals surface area contributed by atoms with Gasteiger partial charge in [-0.05, 0) is 38.8 Å². The maximum absolute atomic E-state index is 12.3. The largest absolute Gasteiger partial charge is 0.375 e. The van der Waals surface area contributed by atoms with Crippen molar-refractivity contribution in [2.75, 3.05) is 18.8 Å². The number of nitrogen functional groups attached to an aromatic ring is 1. The van der Waals surface area contributed by atoms with Crippen LogP contribution in [-0.2, 0) is 11.3 Å². The molecule has 0 radical (unpaired) electrons. The normalized spacial score (nSPS) is 21.7. The number of thiazole rings is 1. The summed E-state index contributed by atoms with van der Waals surface area (Å²) in [6.45, 7) is 2.80. The Morgan fingerprint density at radius 1 is 1.33 bits per heavy atom. The van der Waals surface area contributed by atoms with E-state index in [-0.39, 0.29) is 11.8 Å². The molecule has 5 nitrogen and oxygen atoms in total. The van der Waals surface area contributed by atoms with Crippen molar-refractivity contribution in [3.8, 4) is 0 Å². The molecular weight excluding hydrogens is 284 g/mol. The zero-order chi connectivity index (χ0) is 14.7. The van der Waals surface area contributed by atoms with Gasteiger partial charge in [-0.1, -0.05) is 12.8 Å². The first-order valence-corrected chi connectivity index (χ1v) is 8.81. The molecule has 2 heterocycles. The Bertz CT molecular complexity index is 476. The van der Waals surface area contributed by atoms with Crippen molar-refractivity contribution >= 4 is 22.4 Å². The summed E-state index contributed by atoms with van der Waals surface area (Å²) in [4.78, 5) is 18.9. The molecule has 116 valence electrons. The first-order chi connectivity index (χ1) is 10.2. The van der Waals surface area contributed by atoms with E-state index in [0.29, 0.717) is 11.2 Å². The van der Waals surface area contributed by atoms with Gasteiger partial charge in [-0.15, -0.1) is 11.3 Å². The van der Waals surface area contributed by atoms with E-state index in [0.717, 1.165) is 51.0 Å². The topological polar surface area (TPSA) is 71.2 Å². The smallest absolute Gasteiger partial charge is 0.223 e. The molecule has 1 saturated carbocycles. The van der Waals surface area contributed by atoms with E-state index in [1.807, 2.05) is 5.38 Å². The molecule has 0 bridgehead atoms. The minimum absolute atomic E-state index is 0.197. The summed E-state index contributed by atoms with van der Waals surface area (Å²) in [5.41, 5.74) is 6.71. The molecular formula is C15H24N4OS. The summed E-state index contributed by atoms with van der Waals surface area (Å²) >= 11 is 1.49. The average molecular weight is 308 g/mol. The highest BCUT2D eigenvalue weighted by Gasteiger charge is 2.27. The fraction of sp³-hybridized carbons (Fsp3) is 0.733. The molecule has 3 N–H and O–H groups in total. The summed E-state index contributed by atoms with van der Waals surface area (Å²) in [5.74, 6) is 0.474. The number of carbonyl (C=O) groups is 1. The van der Waals surface area contributed by atoms with Gasteiger partial charge in [0.05, 0.1) is 5.69 Å². The van der Waals surface area contributed by atoms with Crippen LogP contribution in [0.1, 0.15) is 44.2 Å². The van der Waals surface area contributed by atoms with Crippen molar-refractivity contribution in [2.24, 2.45) is 5.92 Å². The van der Waals surface area contributed by atoms with E-state index < -0.39 is 0 Å². The lowest BCUT2D eigenvalue weighted by Crippen LogP contribution is -2.43. The molecule has 1 saturated heterocycles. The molecule has 1 aromatic rings. The summed E-state index contributed by atoms with van der Waals surface area (Å²) in [6, 6.07) is 0.438. The van der Waals surface area contributed by atoms with E-state index in [4.69, 9.17) is 5.73 Å². The molecule has 0 unspecified atom stereocenters. The minimum atomic E-state index is 0.197. The summed E-state index contributed by atoms with van der Waals surface area (Å²) in [6.07, 6.45) is 6.77. The monoisotopic (exact) mass is 308 g/mol. The van der Waals surface area contributed by atoms with E-state index in [2.05, 4.69) is 15.2 Å². The van der Waals surface area contributed by atoms with Crippen LogP contribution in [-0.4, -0.2) is 34.9 Å². The SMILES string of the molecule is Nc1nc(CN2CCC(C(=O)NC3CCCC3)CC2)cs1. The Labute approximate surface area is 129 Å². The maximum Gasteiger partial charge on any atom is 0.223 e. The van der Waals surface area contributed by atoms with Crippen molar-refractivity contribution in [1.82, 2.24) is 15.2 Å². The predicted molar refractivity (Wildman–Crippen MR) is 84.9 cm³/mol. The lowest BCUT2D eigenvalue weighted by Gasteiger charge is -2.31. The Hall–Kier alpha value is -1.14. The lowest BCUT2D eigenvalue weighted by atomic mass is 9.95. The summed E-state index contributed by atoms with van der Waals surface area (Å²) in [5, 5.41) is 5.89. The number of piperidine rings is 1. The third kappa shape index (κ3) is 3.95. The molecule has 21 heavy (non-hydrogen) atoms. The molecule has 2 aliphatic rings. The van der Waals surface area contributed by atoms with Crippen LogP contribution in [0.2, 0.25) is 0 Å². The van der Waals surface area contributed by atoms with Crippen LogP contribution in [0.15, 0.2) is 5.38 Å². The van der Waals surface area contributed by atoms with Gasteiger partial charge < -0.3 is 11.1 Å². The van der Waals surface area contributed by atoms with Crippen molar-refractivity contribution in [2.45, 2.75) is 51.1 Å². The molecule has 0 aromatic carbocycles. The van der Waals surface area contributed by atoms with Gasteiger partial charge in [-0.3, -0.25) is 9.69 Å². The summed E-state index contributed by atoms with van der Waals surface area (Å²) < 4.78 is 0. The highest BCUT2D eigenvalue weighted by atomic mass is 32.1. The second-order valence-electron chi connectivity index (χ2n) is 6.22. The van der Waals surface area contributed by atoms with Gasteiger partial charge in [-0.2, -0.15) is 0 Å². The predicted octanol–water partition coefficient (Wildman–Crippen LogP) is 2.00. The van der Waals surface area contributed by atoms with Gasteiger partial charge in [0.15, 0.2) is 5.13 Å². The fourth-order valence-corrected chi connectivity index (χ4v) is 3.92. The molecule has 1 aromatic heterocycles. The molecule has 2 fully saturated rings. The van der Waals surface area contributed by atoms with Gasteiger partial charge in [0, 0.05) is 23.9 Å². The number of rotatable bonds is 4. The number of likely N-dealkylation sites (tertiary alicyclic amines) is 1. The third-order valence-corrected chi connectivity index (χ3v) is 5.34. The van der Waals surface area contributed by atoms with Crippen molar-refractivity contribution in [1.29, 1.82) is 0 Å². The van der Waals surface area contributed by atoms with Gasteiger partial charge in [0.25, 0.3) is 0 Å². The highest BCUT2D eigenvalue weighted by Crippen LogP contribution is 2.22. The molecule has 6 heteroatoms. The molecule has 1 amide bonds.